The first-order valence-corrected chi connectivity index (χ1v) is 7.56. The van der Waals surface area contributed by atoms with E-state index in [1.54, 1.807) is 6.20 Å². The lowest BCUT2D eigenvalue weighted by atomic mass is 9.87. The summed E-state index contributed by atoms with van der Waals surface area (Å²) in [7, 11) is 0. The summed E-state index contributed by atoms with van der Waals surface area (Å²) in [5.41, 5.74) is 0.309. The molecule has 0 radical (unpaired) electrons. The van der Waals surface area contributed by atoms with Crippen LogP contribution in [-0.2, 0) is 0 Å². The van der Waals surface area contributed by atoms with Crippen molar-refractivity contribution in [3.63, 3.8) is 0 Å². The molecule has 1 aliphatic rings. The number of hydrogen-bond acceptors (Lipinski definition) is 4. The van der Waals surface area contributed by atoms with Crippen molar-refractivity contribution in [1.82, 2.24) is 9.78 Å². The van der Waals surface area contributed by atoms with Crippen molar-refractivity contribution in [3.05, 3.63) is 21.6 Å². The van der Waals surface area contributed by atoms with Crippen molar-refractivity contribution in [2.75, 3.05) is 11.9 Å². The van der Waals surface area contributed by atoms with Crippen LogP contribution in [0.25, 0.3) is 0 Å². The number of aliphatic hydroxyl groups is 1. The topological polar surface area (TPSA) is 67.2 Å². The van der Waals surface area contributed by atoms with Crippen LogP contribution in [0.5, 0.6) is 0 Å². The van der Waals surface area contributed by atoms with Crippen molar-refractivity contribution in [3.8, 4) is 0 Å². The molecule has 5 nitrogen and oxygen atoms in total. The monoisotopic (exact) mass is 299 g/mol. The molecule has 0 spiro atoms. The highest BCUT2D eigenvalue weighted by Gasteiger charge is 2.20. The summed E-state index contributed by atoms with van der Waals surface area (Å²) in [4.78, 5) is 12.0. The number of nitrogens with one attached hydrogen (secondary N) is 1. The van der Waals surface area contributed by atoms with E-state index in [1.807, 2.05) is 13.8 Å². The zero-order valence-corrected chi connectivity index (χ0v) is 12.7. The van der Waals surface area contributed by atoms with E-state index in [0.29, 0.717) is 18.2 Å². The largest absolute Gasteiger partial charge is 0.393 e. The highest BCUT2D eigenvalue weighted by molar-refractivity contribution is 6.32. The maximum Gasteiger partial charge on any atom is 0.287 e. The second kappa shape index (κ2) is 6.59. The van der Waals surface area contributed by atoms with Gasteiger partial charge in [-0.2, -0.15) is 5.10 Å². The van der Waals surface area contributed by atoms with Crippen LogP contribution in [0.2, 0.25) is 5.02 Å². The number of rotatable bonds is 4. The first-order valence-electron chi connectivity index (χ1n) is 7.18. The highest BCUT2D eigenvalue weighted by Crippen LogP contribution is 2.25. The summed E-state index contributed by atoms with van der Waals surface area (Å²) in [6.07, 6.45) is 5.25. The van der Waals surface area contributed by atoms with Crippen LogP contribution in [-0.4, -0.2) is 27.5 Å². The van der Waals surface area contributed by atoms with E-state index in [4.69, 9.17) is 11.6 Å². The zero-order valence-electron chi connectivity index (χ0n) is 12.0. The molecule has 1 aromatic heterocycles. The first kappa shape index (κ1) is 15.3. The number of halogens is 1. The highest BCUT2D eigenvalue weighted by atomic mass is 35.5. The quantitative estimate of drug-likeness (QED) is 0.896. The minimum Gasteiger partial charge on any atom is -0.393 e. The Labute approximate surface area is 124 Å². The van der Waals surface area contributed by atoms with Gasteiger partial charge in [0, 0.05) is 6.54 Å². The minimum atomic E-state index is -0.268. The van der Waals surface area contributed by atoms with Gasteiger partial charge in [-0.3, -0.25) is 4.79 Å². The van der Waals surface area contributed by atoms with Gasteiger partial charge in [0.15, 0.2) is 0 Å². The fourth-order valence-electron chi connectivity index (χ4n) is 2.64. The molecule has 6 heteroatoms. The van der Waals surface area contributed by atoms with Crippen LogP contribution in [0.15, 0.2) is 11.0 Å². The molecule has 2 unspecified atom stereocenters. The van der Waals surface area contributed by atoms with E-state index in [0.717, 1.165) is 25.7 Å². The summed E-state index contributed by atoms with van der Waals surface area (Å²) in [5, 5.41) is 17.2. The molecule has 0 bridgehead atoms. The zero-order chi connectivity index (χ0) is 14.7. The second-order valence-electron chi connectivity index (χ2n) is 5.78. The number of aromatic nitrogens is 2. The summed E-state index contributed by atoms with van der Waals surface area (Å²) >= 11 is 6.10. The molecule has 0 aliphatic heterocycles. The Morgan fingerprint density at radius 2 is 2.30 bits per heavy atom. The lowest BCUT2D eigenvalue weighted by Crippen LogP contribution is -2.28. The lowest BCUT2D eigenvalue weighted by molar-refractivity contribution is 0.105. The van der Waals surface area contributed by atoms with Crippen molar-refractivity contribution in [2.45, 2.75) is 51.7 Å². The van der Waals surface area contributed by atoms with Crippen LogP contribution in [0.4, 0.5) is 5.69 Å². The standard InChI is InChI=1S/C14H22ClN3O2/c1-9(2)18-14(20)13(15)12(8-17-18)16-7-10-4-3-5-11(19)6-10/h8-11,16,19H,3-7H2,1-2H3. The summed E-state index contributed by atoms with van der Waals surface area (Å²) in [5.74, 6) is 0.419. The predicted molar refractivity (Wildman–Crippen MR) is 80.3 cm³/mol. The molecule has 1 fully saturated rings. The number of anilines is 1. The molecule has 2 rings (SSSR count). The van der Waals surface area contributed by atoms with Crippen LogP contribution >= 0.6 is 11.6 Å². The third-order valence-corrected chi connectivity index (χ3v) is 4.13. The van der Waals surface area contributed by atoms with Gasteiger partial charge < -0.3 is 10.4 Å². The van der Waals surface area contributed by atoms with E-state index in [9.17, 15) is 9.90 Å². The Hall–Kier alpha value is -1.07. The van der Waals surface area contributed by atoms with Crippen molar-refractivity contribution in [2.24, 2.45) is 5.92 Å². The van der Waals surface area contributed by atoms with Gasteiger partial charge in [0.1, 0.15) is 5.02 Å². The average Bonchev–Trinajstić information content (AvgIpc) is 2.40. The van der Waals surface area contributed by atoms with Gasteiger partial charge in [-0.25, -0.2) is 4.68 Å². The Morgan fingerprint density at radius 3 is 2.95 bits per heavy atom. The maximum atomic E-state index is 12.0. The molecule has 2 N–H and O–H groups in total. The Bertz CT molecular complexity index is 516. The normalized spacial score (nSPS) is 23.1. The van der Waals surface area contributed by atoms with Crippen molar-refractivity contribution in [1.29, 1.82) is 0 Å². The Balaban J connectivity index is 2.03. The summed E-state index contributed by atoms with van der Waals surface area (Å²) < 4.78 is 1.37. The summed E-state index contributed by atoms with van der Waals surface area (Å²) in [6.45, 7) is 4.49. The van der Waals surface area contributed by atoms with E-state index in [2.05, 4.69) is 10.4 Å². The molecule has 1 saturated carbocycles. The van der Waals surface area contributed by atoms with Crippen molar-refractivity contribution < 1.29 is 5.11 Å². The Morgan fingerprint density at radius 1 is 1.55 bits per heavy atom. The predicted octanol–water partition coefficient (Wildman–Crippen LogP) is 2.44. The van der Waals surface area contributed by atoms with Gasteiger partial charge in [-0.15, -0.1) is 0 Å². The van der Waals surface area contributed by atoms with Crippen LogP contribution < -0.4 is 10.9 Å². The molecule has 0 saturated heterocycles. The number of aliphatic hydroxyl groups excluding tert-OH is 1. The van der Waals surface area contributed by atoms with E-state index >= 15 is 0 Å². The summed E-state index contributed by atoms with van der Waals surface area (Å²) in [6, 6.07) is -0.0115. The van der Waals surface area contributed by atoms with Gasteiger partial charge in [0.25, 0.3) is 5.56 Å². The van der Waals surface area contributed by atoms with Crippen LogP contribution in [0, 0.1) is 5.92 Å². The Kier molecular flexibility index (Phi) is 5.05. The van der Waals surface area contributed by atoms with Gasteiger partial charge in [-0.05, 0) is 39.0 Å². The molecular weight excluding hydrogens is 278 g/mol. The van der Waals surface area contributed by atoms with Crippen LogP contribution in [0.3, 0.4) is 0 Å². The van der Waals surface area contributed by atoms with Gasteiger partial charge in [0.05, 0.1) is 24.0 Å². The molecule has 1 aliphatic carbocycles. The fourth-order valence-corrected chi connectivity index (χ4v) is 2.84. The van der Waals surface area contributed by atoms with Gasteiger partial charge >= 0.3 is 0 Å². The molecule has 0 amide bonds. The molecule has 1 heterocycles. The fraction of sp³-hybridized carbons (Fsp3) is 0.714. The molecule has 112 valence electrons. The molecule has 1 aromatic rings. The maximum absolute atomic E-state index is 12.0. The van der Waals surface area contributed by atoms with Crippen molar-refractivity contribution >= 4 is 17.3 Å². The smallest absolute Gasteiger partial charge is 0.287 e. The average molecular weight is 300 g/mol. The van der Waals surface area contributed by atoms with E-state index < -0.39 is 0 Å². The van der Waals surface area contributed by atoms with E-state index in [-0.39, 0.29) is 22.7 Å². The molecule has 2 atom stereocenters. The number of hydrogen-bond donors (Lipinski definition) is 2. The van der Waals surface area contributed by atoms with Gasteiger partial charge in [0.2, 0.25) is 0 Å². The molecule has 20 heavy (non-hydrogen) atoms. The molecular formula is C14H22ClN3O2. The molecule has 0 aromatic carbocycles. The van der Waals surface area contributed by atoms with Crippen LogP contribution in [0.1, 0.15) is 45.6 Å². The minimum absolute atomic E-state index is 0.0115. The van der Waals surface area contributed by atoms with Gasteiger partial charge in [-0.1, -0.05) is 18.0 Å². The SMILES string of the molecule is CC(C)n1ncc(NCC2CCCC(O)C2)c(Cl)c1=O. The first-order chi connectivity index (χ1) is 9.49. The third kappa shape index (κ3) is 3.52. The lowest BCUT2D eigenvalue weighted by Gasteiger charge is -2.26. The third-order valence-electron chi connectivity index (χ3n) is 3.77. The number of nitrogens with zero attached hydrogens (tertiary/aromatic N) is 2. The second-order valence-corrected chi connectivity index (χ2v) is 6.16. The van der Waals surface area contributed by atoms with E-state index in [1.165, 1.54) is 4.68 Å².